The van der Waals surface area contributed by atoms with E-state index in [1.807, 2.05) is 26.8 Å². The number of rotatable bonds is 6. The third kappa shape index (κ3) is 5.66. The lowest BCUT2D eigenvalue weighted by molar-refractivity contribution is 0.0593. The number of hydrogen-bond donors (Lipinski definition) is 2. The van der Waals surface area contributed by atoms with E-state index >= 15 is 0 Å². The molecule has 0 aliphatic heterocycles. The van der Waals surface area contributed by atoms with Gasteiger partial charge >= 0.3 is 12.0 Å². The van der Waals surface area contributed by atoms with Crippen molar-refractivity contribution in [2.24, 2.45) is 0 Å². The fraction of sp³-hybridized carbons (Fsp3) is 0.429. The van der Waals surface area contributed by atoms with Crippen molar-refractivity contribution in [1.82, 2.24) is 20.2 Å². The molecule has 0 saturated heterocycles. The average molecular weight is 400 g/mol. The number of aromatic amines is 1. The number of Topliss-reactive ketones (excluding diaryl/α,β-unsaturated/α-hetero) is 1. The zero-order valence-electron chi connectivity index (χ0n) is 17.8. The number of H-pyrrole nitrogens is 1. The lowest BCUT2D eigenvalue weighted by Gasteiger charge is -2.28. The van der Waals surface area contributed by atoms with Gasteiger partial charge in [-0.05, 0) is 52.3 Å². The summed E-state index contributed by atoms with van der Waals surface area (Å²) in [5.41, 5.74) is 1.90. The largest absolute Gasteiger partial charge is 0.464 e. The highest BCUT2D eigenvalue weighted by Gasteiger charge is 2.27. The van der Waals surface area contributed by atoms with Gasteiger partial charge in [-0.3, -0.25) is 9.78 Å². The first-order valence-electron chi connectivity index (χ1n) is 9.31. The standard InChI is InChI=1S/C21H28N4O4/c1-13-17(14(2)23-18(13)19(27)29-6)16(26)12-25(20(28)24-21(3,4)5)11-15-9-7-8-10-22-15/h7-10,23H,11-12H2,1-6H3,(H,24,28). The Bertz CT molecular complexity index is 897. The number of ether oxygens (including phenoxy) is 1. The summed E-state index contributed by atoms with van der Waals surface area (Å²) in [6.07, 6.45) is 1.64. The number of methoxy groups -OCH3 is 1. The Morgan fingerprint density at radius 3 is 2.45 bits per heavy atom. The van der Waals surface area contributed by atoms with Gasteiger partial charge in [-0.2, -0.15) is 0 Å². The van der Waals surface area contributed by atoms with Gasteiger partial charge in [0.2, 0.25) is 0 Å². The molecule has 0 fully saturated rings. The predicted molar refractivity (Wildman–Crippen MR) is 109 cm³/mol. The van der Waals surface area contributed by atoms with Gasteiger partial charge in [-0.1, -0.05) is 6.07 Å². The minimum absolute atomic E-state index is 0.154. The van der Waals surface area contributed by atoms with Crippen LogP contribution in [0.2, 0.25) is 0 Å². The van der Waals surface area contributed by atoms with Crippen LogP contribution in [0.5, 0.6) is 0 Å². The van der Waals surface area contributed by atoms with E-state index in [1.165, 1.54) is 12.0 Å². The molecular weight excluding hydrogens is 372 g/mol. The summed E-state index contributed by atoms with van der Waals surface area (Å²) < 4.78 is 4.75. The highest BCUT2D eigenvalue weighted by Crippen LogP contribution is 2.20. The minimum atomic E-state index is -0.541. The highest BCUT2D eigenvalue weighted by molar-refractivity contribution is 6.04. The zero-order valence-corrected chi connectivity index (χ0v) is 17.8. The van der Waals surface area contributed by atoms with Gasteiger partial charge < -0.3 is 19.9 Å². The first kappa shape index (κ1) is 22.1. The van der Waals surface area contributed by atoms with Crippen molar-refractivity contribution in [3.63, 3.8) is 0 Å². The second-order valence-corrected chi connectivity index (χ2v) is 7.90. The third-order valence-electron chi connectivity index (χ3n) is 4.29. The summed E-state index contributed by atoms with van der Waals surface area (Å²) in [6.45, 7) is 9.03. The van der Waals surface area contributed by atoms with Crippen LogP contribution in [0.1, 0.15) is 58.6 Å². The molecule has 2 amide bonds. The first-order valence-corrected chi connectivity index (χ1v) is 9.31. The maximum absolute atomic E-state index is 13.1. The minimum Gasteiger partial charge on any atom is -0.464 e. The Morgan fingerprint density at radius 1 is 1.21 bits per heavy atom. The van der Waals surface area contributed by atoms with Gasteiger partial charge in [-0.25, -0.2) is 9.59 Å². The van der Waals surface area contributed by atoms with Crippen LogP contribution in [-0.4, -0.2) is 51.8 Å². The number of ketones is 1. The molecule has 2 rings (SSSR count). The number of urea groups is 1. The van der Waals surface area contributed by atoms with E-state index in [9.17, 15) is 14.4 Å². The van der Waals surface area contributed by atoms with E-state index in [0.29, 0.717) is 22.5 Å². The predicted octanol–water partition coefficient (Wildman–Crippen LogP) is 3.01. The van der Waals surface area contributed by atoms with Crippen LogP contribution in [0.4, 0.5) is 4.79 Å². The molecular formula is C21H28N4O4. The number of pyridine rings is 1. The number of aryl methyl sites for hydroxylation is 1. The molecule has 0 aromatic carbocycles. The van der Waals surface area contributed by atoms with E-state index < -0.39 is 11.5 Å². The van der Waals surface area contributed by atoms with Crippen LogP contribution in [0.3, 0.4) is 0 Å². The maximum atomic E-state index is 13.1. The molecule has 0 bridgehead atoms. The van der Waals surface area contributed by atoms with Crippen molar-refractivity contribution >= 4 is 17.8 Å². The van der Waals surface area contributed by atoms with Crippen LogP contribution >= 0.6 is 0 Å². The molecule has 8 nitrogen and oxygen atoms in total. The van der Waals surface area contributed by atoms with Crippen molar-refractivity contribution < 1.29 is 19.1 Å². The summed E-state index contributed by atoms with van der Waals surface area (Å²) in [7, 11) is 1.28. The van der Waals surface area contributed by atoms with Crippen molar-refractivity contribution in [2.75, 3.05) is 13.7 Å². The SMILES string of the molecule is COC(=O)c1[nH]c(C)c(C(=O)CN(Cc2ccccn2)C(=O)NC(C)(C)C)c1C. The first-order chi connectivity index (χ1) is 13.5. The number of esters is 1. The van der Waals surface area contributed by atoms with E-state index in [-0.39, 0.29) is 30.6 Å². The van der Waals surface area contributed by atoms with Crippen LogP contribution in [0.25, 0.3) is 0 Å². The number of hydrogen-bond acceptors (Lipinski definition) is 5. The molecule has 0 atom stereocenters. The smallest absolute Gasteiger partial charge is 0.354 e. The Morgan fingerprint density at radius 2 is 1.90 bits per heavy atom. The fourth-order valence-corrected chi connectivity index (χ4v) is 3.01. The number of nitrogens with one attached hydrogen (secondary N) is 2. The molecule has 0 radical (unpaired) electrons. The summed E-state index contributed by atoms with van der Waals surface area (Å²) in [5.74, 6) is -0.813. The highest BCUT2D eigenvalue weighted by atomic mass is 16.5. The number of amides is 2. The summed E-state index contributed by atoms with van der Waals surface area (Å²) in [5, 5.41) is 2.88. The number of carbonyl (C=O) groups excluding carboxylic acids is 3. The molecule has 29 heavy (non-hydrogen) atoms. The Labute approximate surface area is 170 Å². The molecule has 0 aliphatic rings. The monoisotopic (exact) mass is 400 g/mol. The fourth-order valence-electron chi connectivity index (χ4n) is 3.01. The number of carbonyl (C=O) groups is 3. The van der Waals surface area contributed by atoms with Crippen molar-refractivity contribution in [1.29, 1.82) is 0 Å². The molecule has 8 heteroatoms. The normalized spacial score (nSPS) is 11.1. The van der Waals surface area contributed by atoms with Gasteiger partial charge in [0, 0.05) is 23.0 Å². The van der Waals surface area contributed by atoms with Crippen LogP contribution in [0, 0.1) is 13.8 Å². The second-order valence-electron chi connectivity index (χ2n) is 7.90. The van der Waals surface area contributed by atoms with Crippen molar-refractivity contribution in [3.05, 3.63) is 52.6 Å². The van der Waals surface area contributed by atoms with E-state index in [4.69, 9.17) is 4.74 Å². The van der Waals surface area contributed by atoms with Crippen molar-refractivity contribution in [3.8, 4) is 0 Å². The molecule has 156 valence electrons. The summed E-state index contributed by atoms with van der Waals surface area (Å²) >= 11 is 0. The lowest BCUT2D eigenvalue weighted by Crippen LogP contribution is -2.49. The number of aromatic nitrogens is 2. The molecule has 0 saturated carbocycles. The summed E-state index contributed by atoms with van der Waals surface area (Å²) in [4.78, 5) is 46.4. The molecule has 0 spiro atoms. The Hall–Kier alpha value is -3.16. The van der Waals surface area contributed by atoms with Gasteiger partial charge in [0.1, 0.15) is 5.69 Å². The molecule has 2 aromatic heterocycles. The molecule has 2 N–H and O–H groups in total. The Balaban J connectivity index is 2.30. The van der Waals surface area contributed by atoms with E-state index in [0.717, 1.165) is 0 Å². The average Bonchev–Trinajstić information content (AvgIpc) is 2.94. The molecule has 0 aliphatic carbocycles. The molecule has 2 aromatic rings. The van der Waals surface area contributed by atoms with Gasteiger partial charge in [0.25, 0.3) is 0 Å². The van der Waals surface area contributed by atoms with Gasteiger partial charge in [0.15, 0.2) is 5.78 Å². The van der Waals surface area contributed by atoms with Gasteiger partial charge in [-0.15, -0.1) is 0 Å². The number of nitrogens with zero attached hydrogens (tertiary/aromatic N) is 2. The van der Waals surface area contributed by atoms with E-state index in [1.54, 1.807) is 32.2 Å². The molecule has 2 heterocycles. The third-order valence-corrected chi connectivity index (χ3v) is 4.29. The van der Waals surface area contributed by atoms with Crippen LogP contribution in [-0.2, 0) is 11.3 Å². The quantitative estimate of drug-likeness (QED) is 0.573. The zero-order chi connectivity index (χ0) is 21.8. The van der Waals surface area contributed by atoms with Crippen molar-refractivity contribution in [2.45, 2.75) is 46.7 Å². The van der Waals surface area contributed by atoms with Gasteiger partial charge in [0.05, 0.1) is 25.9 Å². The lowest BCUT2D eigenvalue weighted by atomic mass is 10.0. The van der Waals surface area contributed by atoms with Crippen LogP contribution in [0.15, 0.2) is 24.4 Å². The second kappa shape index (κ2) is 8.89. The summed E-state index contributed by atoms with van der Waals surface area (Å²) in [6, 6.07) is 5.04. The molecule has 0 unspecified atom stereocenters. The maximum Gasteiger partial charge on any atom is 0.354 e. The topological polar surface area (TPSA) is 104 Å². The van der Waals surface area contributed by atoms with Crippen LogP contribution < -0.4 is 5.32 Å². The van der Waals surface area contributed by atoms with E-state index in [2.05, 4.69) is 15.3 Å². The Kier molecular flexibility index (Phi) is 6.79.